The second-order valence-corrected chi connectivity index (χ2v) is 2.95. The molecule has 44 valence electrons. The fraction of sp³-hybridized carbons (Fsp3) is 0.750. The summed E-state index contributed by atoms with van der Waals surface area (Å²) in [4.78, 5) is 9.01. The van der Waals surface area contributed by atoms with Crippen molar-refractivity contribution in [3.05, 3.63) is 0 Å². The van der Waals surface area contributed by atoms with Crippen molar-refractivity contribution in [3.8, 4) is 0 Å². The van der Waals surface area contributed by atoms with E-state index < -0.39 is 0 Å². The monoisotopic (exact) mass is 168 g/mol. The molecule has 0 bridgehead atoms. The molecule has 1 N–H and O–H groups in total. The predicted octanol–water partition coefficient (Wildman–Crippen LogP) is 1.49. The van der Waals surface area contributed by atoms with Crippen LogP contribution in [0.5, 0.6) is 0 Å². The first-order chi connectivity index (χ1) is 3.15. The zero-order chi connectivity index (χ0) is 6.28. The Morgan fingerprint density at radius 3 is 1.71 bits per heavy atom. The van der Waals surface area contributed by atoms with Crippen LogP contribution in [0.25, 0.3) is 0 Å². The van der Waals surface area contributed by atoms with Crippen LogP contribution in [-0.2, 0) is 4.79 Å². The second kappa shape index (κ2) is 9.34. The lowest BCUT2D eigenvalue weighted by Gasteiger charge is -1.76. The molecule has 0 spiro atoms. The van der Waals surface area contributed by atoms with Crippen molar-refractivity contribution in [3.63, 3.8) is 0 Å². The van der Waals surface area contributed by atoms with E-state index in [0.29, 0.717) is 4.83 Å². The Bertz CT molecular complexity index is 33.9. The Morgan fingerprint density at radius 2 is 1.71 bits per heavy atom. The van der Waals surface area contributed by atoms with E-state index in [0.717, 1.165) is 0 Å². The average Bonchev–Trinajstić information content (AvgIpc) is 1.33. The molecular weight excluding hydrogens is 160 g/mol. The molecule has 0 aromatic heterocycles. The molecule has 0 rings (SSSR count). The van der Waals surface area contributed by atoms with Gasteiger partial charge in [-0.05, 0) is 0 Å². The molecule has 3 heteroatoms. The van der Waals surface area contributed by atoms with E-state index in [2.05, 4.69) is 29.8 Å². The molecule has 0 atom stereocenters. The second-order valence-electron chi connectivity index (χ2n) is 1.12. The smallest absolute Gasteiger partial charge is 0.290 e. The molecular formula is C4H9BrO2. The summed E-state index contributed by atoms with van der Waals surface area (Å²) in [5.41, 5.74) is 0. The van der Waals surface area contributed by atoms with E-state index in [1.807, 2.05) is 0 Å². The molecule has 0 aromatic rings. The zero-order valence-corrected chi connectivity index (χ0v) is 5.97. The summed E-state index contributed by atoms with van der Waals surface area (Å²) in [5, 5.41) is 6.89. The fourth-order valence-electron chi connectivity index (χ4n) is 0. The lowest BCUT2D eigenvalue weighted by molar-refractivity contribution is -0.122. The van der Waals surface area contributed by atoms with Crippen LogP contribution >= 0.6 is 15.9 Å². The highest BCUT2D eigenvalue weighted by Gasteiger charge is 1.71. The van der Waals surface area contributed by atoms with Crippen molar-refractivity contribution < 1.29 is 9.90 Å². The van der Waals surface area contributed by atoms with Crippen LogP contribution in [-0.4, -0.2) is 16.4 Å². The summed E-state index contributed by atoms with van der Waals surface area (Å²) < 4.78 is 0. The van der Waals surface area contributed by atoms with Crippen molar-refractivity contribution in [2.75, 3.05) is 0 Å². The first kappa shape index (κ1) is 10.0. The quantitative estimate of drug-likeness (QED) is 0.440. The van der Waals surface area contributed by atoms with Crippen molar-refractivity contribution in [1.82, 2.24) is 0 Å². The van der Waals surface area contributed by atoms with Gasteiger partial charge in [-0.25, -0.2) is 0 Å². The van der Waals surface area contributed by atoms with Gasteiger partial charge in [0.1, 0.15) is 0 Å². The van der Waals surface area contributed by atoms with Crippen molar-refractivity contribution in [2.24, 2.45) is 0 Å². The number of carboxylic acid groups (broad SMARTS) is 1. The molecule has 0 aliphatic rings. The van der Waals surface area contributed by atoms with Gasteiger partial charge in [0.2, 0.25) is 0 Å². The minimum atomic E-state index is -0.250. The third-order valence-electron chi connectivity index (χ3n) is 0. The van der Waals surface area contributed by atoms with Gasteiger partial charge in [-0.2, -0.15) is 0 Å². The Hall–Kier alpha value is -0.0500. The van der Waals surface area contributed by atoms with Gasteiger partial charge in [0.15, 0.2) is 0 Å². The molecule has 0 aliphatic carbocycles. The van der Waals surface area contributed by atoms with E-state index >= 15 is 0 Å². The van der Waals surface area contributed by atoms with E-state index in [4.69, 9.17) is 9.90 Å². The van der Waals surface area contributed by atoms with Gasteiger partial charge < -0.3 is 5.11 Å². The number of alkyl halides is 1. The molecule has 2 nitrogen and oxygen atoms in total. The Balaban J connectivity index is 0. The summed E-state index contributed by atoms with van der Waals surface area (Å²) >= 11 is 3.27. The zero-order valence-electron chi connectivity index (χ0n) is 4.39. The van der Waals surface area contributed by atoms with Crippen LogP contribution in [0, 0.1) is 0 Å². The van der Waals surface area contributed by atoms with Gasteiger partial charge in [-0.15, -0.1) is 0 Å². The topological polar surface area (TPSA) is 37.3 Å². The largest absolute Gasteiger partial charge is 0.483 e. The van der Waals surface area contributed by atoms with Gasteiger partial charge in [0.25, 0.3) is 6.47 Å². The average molecular weight is 169 g/mol. The minimum Gasteiger partial charge on any atom is -0.483 e. The van der Waals surface area contributed by atoms with Gasteiger partial charge in [0.05, 0.1) is 0 Å². The predicted molar refractivity (Wildman–Crippen MR) is 32.8 cm³/mol. The number of carbonyl (C=O) groups is 1. The molecule has 0 fully saturated rings. The molecule has 0 amide bonds. The Kier molecular flexibility index (Phi) is 13.4. The molecule has 0 saturated carbocycles. The van der Waals surface area contributed by atoms with Gasteiger partial charge in [-0.3, -0.25) is 4.79 Å². The maximum Gasteiger partial charge on any atom is 0.290 e. The van der Waals surface area contributed by atoms with Crippen LogP contribution in [0.3, 0.4) is 0 Å². The normalized spacial score (nSPS) is 6.86. The lowest BCUT2D eigenvalue weighted by Crippen LogP contribution is -1.69. The van der Waals surface area contributed by atoms with E-state index in [1.165, 1.54) is 0 Å². The van der Waals surface area contributed by atoms with Gasteiger partial charge in [-0.1, -0.05) is 29.8 Å². The third-order valence-corrected chi connectivity index (χ3v) is 0. The van der Waals surface area contributed by atoms with E-state index in [1.54, 1.807) is 0 Å². The van der Waals surface area contributed by atoms with Crippen LogP contribution < -0.4 is 0 Å². The highest BCUT2D eigenvalue weighted by atomic mass is 79.9. The van der Waals surface area contributed by atoms with Crippen molar-refractivity contribution in [2.45, 2.75) is 18.7 Å². The minimum absolute atomic E-state index is 0.250. The molecule has 0 heterocycles. The van der Waals surface area contributed by atoms with Crippen LogP contribution in [0.2, 0.25) is 0 Å². The summed E-state index contributed by atoms with van der Waals surface area (Å²) in [6.07, 6.45) is 0. The van der Waals surface area contributed by atoms with Crippen molar-refractivity contribution >= 4 is 22.4 Å². The molecule has 7 heavy (non-hydrogen) atoms. The first-order valence-corrected chi connectivity index (χ1v) is 2.78. The molecule has 0 unspecified atom stereocenters. The number of halogens is 1. The van der Waals surface area contributed by atoms with Crippen LogP contribution in [0.1, 0.15) is 13.8 Å². The molecule has 0 radical (unpaired) electrons. The first-order valence-electron chi connectivity index (χ1n) is 1.87. The lowest BCUT2D eigenvalue weighted by atomic mass is 10.6. The standard InChI is InChI=1S/C3H7Br.CH2O2/c1-3(2)4;2-1-3/h3H,1-2H3;1H,(H,2,3). The van der Waals surface area contributed by atoms with Gasteiger partial charge >= 0.3 is 0 Å². The summed E-state index contributed by atoms with van der Waals surface area (Å²) in [6, 6.07) is 0. The molecule has 0 saturated heterocycles. The Morgan fingerprint density at radius 1 is 1.71 bits per heavy atom. The molecule has 0 aliphatic heterocycles. The third kappa shape index (κ3) is 37100. The maximum absolute atomic E-state index is 8.36. The summed E-state index contributed by atoms with van der Waals surface area (Å²) in [7, 11) is 0. The number of hydrogen-bond acceptors (Lipinski definition) is 1. The van der Waals surface area contributed by atoms with Crippen molar-refractivity contribution in [1.29, 1.82) is 0 Å². The summed E-state index contributed by atoms with van der Waals surface area (Å²) in [5.74, 6) is 0. The van der Waals surface area contributed by atoms with E-state index in [9.17, 15) is 0 Å². The van der Waals surface area contributed by atoms with E-state index in [-0.39, 0.29) is 6.47 Å². The fourth-order valence-corrected chi connectivity index (χ4v) is 0. The Labute approximate surface area is 51.7 Å². The maximum atomic E-state index is 8.36. The van der Waals surface area contributed by atoms with Crippen LogP contribution in [0.15, 0.2) is 0 Å². The van der Waals surface area contributed by atoms with Crippen LogP contribution in [0.4, 0.5) is 0 Å². The van der Waals surface area contributed by atoms with Gasteiger partial charge in [0, 0.05) is 4.83 Å². The number of rotatable bonds is 0. The highest BCUT2D eigenvalue weighted by Crippen LogP contribution is 1.89. The summed E-state index contributed by atoms with van der Waals surface area (Å²) in [6.45, 7) is 3.92. The molecule has 0 aromatic carbocycles. The highest BCUT2D eigenvalue weighted by molar-refractivity contribution is 9.09. The number of hydrogen-bond donors (Lipinski definition) is 1. The SMILES string of the molecule is CC(C)Br.O=CO.